The van der Waals surface area contributed by atoms with Crippen molar-refractivity contribution >= 4 is 17.6 Å². The van der Waals surface area contributed by atoms with Gasteiger partial charge >= 0.3 is 6.03 Å². The van der Waals surface area contributed by atoms with E-state index in [1.54, 1.807) is 18.3 Å². The number of benzene rings is 1. The summed E-state index contributed by atoms with van der Waals surface area (Å²) in [7, 11) is 0. The molecule has 6 nitrogen and oxygen atoms in total. The van der Waals surface area contributed by atoms with Gasteiger partial charge in [-0.25, -0.2) is 13.6 Å². The lowest BCUT2D eigenvalue weighted by Crippen LogP contribution is -2.37. The van der Waals surface area contributed by atoms with E-state index in [0.29, 0.717) is 5.69 Å². The molecule has 0 saturated carbocycles. The Bertz CT molecular complexity index is 675. The van der Waals surface area contributed by atoms with Crippen molar-refractivity contribution in [3.8, 4) is 0 Å². The van der Waals surface area contributed by atoms with Crippen molar-refractivity contribution < 1.29 is 18.4 Å². The van der Waals surface area contributed by atoms with E-state index in [4.69, 9.17) is 0 Å². The summed E-state index contributed by atoms with van der Waals surface area (Å²) < 4.78 is 26.8. The molecule has 0 radical (unpaired) electrons. The van der Waals surface area contributed by atoms with Crippen LogP contribution in [0.1, 0.15) is 10.4 Å². The van der Waals surface area contributed by atoms with E-state index in [1.807, 2.05) is 0 Å². The van der Waals surface area contributed by atoms with Crippen LogP contribution in [-0.2, 0) is 0 Å². The molecule has 1 aromatic carbocycles. The molecule has 0 unspecified atom stereocenters. The molecule has 0 saturated heterocycles. The van der Waals surface area contributed by atoms with Crippen LogP contribution in [0.3, 0.4) is 0 Å². The number of pyridine rings is 1. The van der Waals surface area contributed by atoms with Gasteiger partial charge in [-0.05, 0) is 24.3 Å². The maximum atomic E-state index is 13.4. The summed E-state index contributed by atoms with van der Waals surface area (Å²) >= 11 is 0. The fraction of sp³-hybridized carbons (Fsp3) is 0.133. The highest BCUT2D eigenvalue weighted by molar-refractivity contribution is 5.94. The fourth-order valence-electron chi connectivity index (χ4n) is 1.77. The van der Waals surface area contributed by atoms with E-state index in [2.05, 4.69) is 20.9 Å². The fourth-order valence-corrected chi connectivity index (χ4v) is 1.77. The number of rotatable bonds is 5. The lowest BCUT2D eigenvalue weighted by Gasteiger charge is -2.09. The van der Waals surface area contributed by atoms with E-state index >= 15 is 0 Å². The molecule has 3 N–H and O–H groups in total. The van der Waals surface area contributed by atoms with Crippen LogP contribution < -0.4 is 16.0 Å². The summed E-state index contributed by atoms with van der Waals surface area (Å²) in [5.41, 5.74) is -0.130. The third-order valence-electron chi connectivity index (χ3n) is 2.81. The molecule has 23 heavy (non-hydrogen) atoms. The zero-order valence-corrected chi connectivity index (χ0v) is 12.0. The van der Waals surface area contributed by atoms with Crippen LogP contribution in [0.4, 0.5) is 19.3 Å². The van der Waals surface area contributed by atoms with Crippen LogP contribution in [0, 0.1) is 11.6 Å². The molecule has 1 heterocycles. The van der Waals surface area contributed by atoms with E-state index in [1.165, 1.54) is 12.3 Å². The number of anilines is 1. The van der Waals surface area contributed by atoms with Crippen molar-refractivity contribution in [3.63, 3.8) is 0 Å². The summed E-state index contributed by atoms with van der Waals surface area (Å²) in [6, 6.07) is 6.01. The Labute approximate surface area is 130 Å². The number of carbonyl (C=O) groups is 2. The quantitative estimate of drug-likeness (QED) is 0.736. The van der Waals surface area contributed by atoms with Gasteiger partial charge in [0.05, 0.1) is 11.9 Å². The van der Waals surface area contributed by atoms with E-state index in [-0.39, 0.29) is 13.1 Å². The van der Waals surface area contributed by atoms with Crippen molar-refractivity contribution in [1.29, 1.82) is 0 Å². The van der Waals surface area contributed by atoms with Gasteiger partial charge in [0.15, 0.2) is 0 Å². The van der Waals surface area contributed by atoms with Gasteiger partial charge in [0.25, 0.3) is 5.91 Å². The second-order valence-corrected chi connectivity index (χ2v) is 4.48. The van der Waals surface area contributed by atoms with Crippen LogP contribution in [0.2, 0.25) is 0 Å². The Morgan fingerprint density at radius 3 is 2.35 bits per heavy atom. The molecule has 0 atom stereocenters. The topological polar surface area (TPSA) is 83.1 Å². The number of hydrogen-bond acceptors (Lipinski definition) is 3. The molecule has 8 heteroatoms. The molecular formula is C15H14F2N4O2. The Morgan fingerprint density at radius 2 is 1.70 bits per heavy atom. The van der Waals surface area contributed by atoms with Gasteiger partial charge in [-0.1, -0.05) is 6.07 Å². The highest BCUT2D eigenvalue weighted by atomic mass is 19.1. The third-order valence-corrected chi connectivity index (χ3v) is 2.81. The first-order valence-electron chi connectivity index (χ1n) is 6.75. The van der Waals surface area contributed by atoms with Crippen molar-refractivity contribution in [2.24, 2.45) is 0 Å². The van der Waals surface area contributed by atoms with Gasteiger partial charge in [-0.2, -0.15) is 0 Å². The zero-order chi connectivity index (χ0) is 16.7. The van der Waals surface area contributed by atoms with Gasteiger partial charge in [0, 0.05) is 19.3 Å². The Hall–Kier alpha value is -3.03. The molecule has 2 aromatic rings. The zero-order valence-electron chi connectivity index (χ0n) is 12.0. The molecule has 0 bridgehead atoms. The number of halogens is 2. The van der Waals surface area contributed by atoms with Crippen molar-refractivity contribution in [3.05, 3.63) is 59.9 Å². The monoisotopic (exact) mass is 320 g/mol. The van der Waals surface area contributed by atoms with Crippen LogP contribution in [0.15, 0.2) is 42.7 Å². The SMILES string of the molecule is O=C(NCCNC(=O)c1c(F)cccc1F)Nc1cccnc1. The number of amides is 3. The molecule has 2 rings (SSSR count). The average molecular weight is 320 g/mol. The summed E-state index contributed by atoms with van der Waals surface area (Å²) in [5, 5.41) is 7.35. The molecule has 0 aliphatic rings. The number of urea groups is 1. The van der Waals surface area contributed by atoms with Crippen LogP contribution >= 0.6 is 0 Å². The van der Waals surface area contributed by atoms with Crippen LogP contribution in [0.5, 0.6) is 0 Å². The molecule has 0 aliphatic heterocycles. The number of hydrogen-bond donors (Lipinski definition) is 3. The molecule has 120 valence electrons. The van der Waals surface area contributed by atoms with Crippen LogP contribution in [-0.4, -0.2) is 30.0 Å². The molecule has 0 aliphatic carbocycles. The van der Waals surface area contributed by atoms with Crippen molar-refractivity contribution in [2.45, 2.75) is 0 Å². The van der Waals surface area contributed by atoms with E-state index in [0.717, 1.165) is 12.1 Å². The van der Waals surface area contributed by atoms with Crippen LogP contribution in [0.25, 0.3) is 0 Å². The smallest absolute Gasteiger partial charge is 0.319 e. The molecule has 0 spiro atoms. The first-order chi connectivity index (χ1) is 11.1. The minimum atomic E-state index is -0.940. The van der Waals surface area contributed by atoms with E-state index < -0.39 is 29.1 Å². The Kier molecular flexibility index (Phi) is 5.56. The maximum absolute atomic E-state index is 13.4. The predicted octanol–water partition coefficient (Wildman–Crippen LogP) is 1.91. The van der Waals surface area contributed by atoms with Gasteiger partial charge in [-0.3, -0.25) is 9.78 Å². The van der Waals surface area contributed by atoms with Gasteiger partial charge < -0.3 is 16.0 Å². The second-order valence-electron chi connectivity index (χ2n) is 4.48. The largest absolute Gasteiger partial charge is 0.350 e. The Morgan fingerprint density at radius 1 is 1.00 bits per heavy atom. The normalized spacial score (nSPS) is 10.0. The summed E-state index contributed by atoms with van der Waals surface area (Å²) in [6.07, 6.45) is 3.04. The summed E-state index contributed by atoms with van der Waals surface area (Å²) in [5.74, 6) is -2.76. The second kappa shape index (κ2) is 7.83. The minimum absolute atomic E-state index is 0.0209. The van der Waals surface area contributed by atoms with Crippen molar-refractivity contribution in [1.82, 2.24) is 15.6 Å². The molecular weight excluding hydrogens is 306 g/mol. The lowest BCUT2D eigenvalue weighted by atomic mass is 10.2. The number of carbonyl (C=O) groups excluding carboxylic acids is 2. The number of nitrogens with zero attached hydrogens (tertiary/aromatic N) is 1. The third kappa shape index (κ3) is 4.73. The summed E-state index contributed by atoms with van der Waals surface area (Å²) in [6.45, 7) is 0.112. The highest BCUT2D eigenvalue weighted by Crippen LogP contribution is 2.11. The first kappa shape index (κ1) is 16.3. The predicted molar refractivity (Wildman–Crippen MR) is 79.9 cm³/mol. The highest BCUT2D eigenvalue weighted by Gasteiger charge is 2.16. The number of nitrogens with one attached hydrogen (secondary N) is 3. The van der Waals surface area contributed by atoms with Gasteiger partial charge in [0.1, 0.15) is 17.2 Å². The molecule has 3 amide bonds. The number of aromatic nitrogens is 1. The minimum Gasteiger partial charge on any atom is -0.350 e. The standard InChI is InChI=1S/C15H14F2N4O2/c16-11-4-1-5-12(17)13(11)14(22)19-7-8-20-15(23)21-10-3-2-6-18-9-10/h1-6,9H,7-8H2,(H,19,22)(H2,20,21,23). The van der Waals surface area contributed by atoms with E-state index in [9.17, 15) is 18.4 Å². The molecule has 0 fully saturated rings. The van der Waals surface area contributed by atoms with Gasteiger partial charge in [-0.15, -0.1) is 0 Å². The Balaban J connectivity index is 1.75. The van der Waals surface area contributed by atoms with Gasteiger partial charge in [0.2, 0.25) is 0 Å². The maximum Gasteiger partial charge on any atom is 0.319 e. The first-order valence-corrected chi connectivity index (χ1v) is 6.75. The van der Waals surface area contributed by atoms with Crippen molar-refractivity contribution in [2.75, 3.05) is 18.4 Å². The lowest BCUT2D eigenvalue weighted by molar-refractivity contribution is 0.0945. The summed E-state index contributed by atoms with van der Waals surface area (Å²) in [4.78, 5) is 27.1. The average Bonchev–Trinajstić information content (AvgIpc) is 2.52. The molecule has 1 aromatic heterocycles.